The van der Waals surface area contributed by atoms with Gasteiger partial charge in [0.1, 0.15) is 10.6 Å². The number of methoxy groups -OCH3 is 1. The number of carbonyl (C=O) groups excluding carboxylic acids is 3. The molecule has 2 aliphatic heterocycles. The second-order valence-corrected chi connectivity index (χ2v) is 12.0. The summed E-state index contributed by atoms with van der Waals surface area (Å²) < 4.78 is 32.7. The van der Waals surface area contributed by atoms with Gasteiger partial charge in [-0.25, -0.2) is 8.42 Å². The number of benzene rings is 2. The topological polar surface area (TPSA) is 113 Å². The van der Waals surface area contributed by atoms with E-state index in [2.05, 4.69) is 5.32 Å². The lowest BCUT2D eigenvalue weighted by molar-refractivity contribution is -0.122. The second kappa shape index (κ2) is 11.4. The van der Waals surface area contributed by atoms with E-state index in [1.807, 2.05) is 0 Å². The molecule has 9 nitrogen and oxygen atoms in total. The van der Waals surface area contributed by atoms with Gasteiger partial charge in [-0.15, -0.1) is 0 Å². The van der Waals surface area contributed by atoms with Gasteiger partial charge >= 0.3 is 0 Å². The molecule has 0 aromatic heterocycles. The maximum absolute atomic E-state index is 13.1. The van der Waals surface area contributed by atoms with Crippen LogP contribution in [0.5, 0.6) is 5.75 Å². The highest BCUT2D eigenvalue weighted by molar-refractivity contribution is 8.18. The number of rotatable bonds is 8. The highest BCUT2D eigenvalue weighted by Crippen LogP contribution is 2.34. The Bertz CT molecular complexity index is 1390. The fourth-order valence-electron chi connectivity index (χ4n) is 3.92. The molecule has 0 saturated carbocycles. The molecule has 196 valence electrons. The molecule has 0 bridgehead atoms. The quantitative estimate of drug-likeness (QED) is 0.462. The summed E-state index contributed by atoms with van der Waals surface area (Å²) in [6.45, 7) is 0.750. The van der Waals surface area contributed by atoms with Gasteiger partial charge in [-0.2, -0.15) is 4.31 Å². The van der Waals surface area contributed by atoms with Crippen molar-refractivity contribution in [2.75, 3.05) is 33.3 Å². The van der Waals surface area contributed by atoms with Crippen LogP contribution in [0.2, 0.25) is 10.0 Å². The Morgan fingerprint density at radius 3 is 2.54 bits per heavy atom. The van der Waals surface area contributed by atoms with Gasteiger partial charge < -0.3 is 10.1 Å². The normalized spacial score (nSPS) is 17.6. The smallest absolute Gasteiger partial charge is 0.293 e. The van der Waals surface area contributed by atoms with E-state index in [4.69, 9.17) is 27.9 Å². The molecule has 0 atom stereocenters. The average Bonchev–Trinajstić information content (AvgIpc) is 3.50. The third-order valence-corrected chi connectivity index (χ3v) is 9.24. The molecule has 2 aromatic carbocycles. The van der Waals surface area contributed by atoms with Crippen LogP contribution in [-0.4, -0.2) is 68.0 Å². The van der Waals surface area contributed by atoms with Crippen LogP contribution in [0, 0.1) is 0 Å². The summed E-state index contributed by atoms with van der Waals surface area (Å²) in [6, 6.07) is 8.97. The fourth-order valence-corrected chi connectivity index (χ4v) is 6.94. The molecular weight excluding hydrogens is 561 g/mol. The summed E-state index contributed by atoms with van der Waals surface area (Å²) in [5, 5.41) is 2.95. The summed E-state index contributed by atoms with van der Waals surface area (Å²) in [6.07, 6.45) is 3.07. The van der Waals surface area contributed by atoms with Crippen LogP contribution >= 0.6 is 35.0 Å². The molecule has 0 spiro atoms. The van der Waals surface area contributed by atoms with Crippen molar-refractivity contribution in [1.82, 2.24) is 14.5 Å². The van der Waals surface area contributed by atoms with E-state index in [9.17, 15) is 22.8 Å². The molecule has 2 heterocycles. The first kappa shape index (κ1) is 27.5. The Balaban J connectivity index is 1.42. The molecule has 37 heavy (non-hydrogen) atoms. The van der Waals surface area contributed by atoms with Gasteiger partial charge in [-0.3, -0.25) is 19.3 Å². The first-order valence-electron chi connectivity index (χ1n) is 11.3. The molecule has 3 amide bonds. The van der Waals surface area contributed by atoms with Crippen molar-refractivity contribution in [3.63, 3.8) is 0 Å². The Hall–Kier alpha value is -2.57. The van der Waals surface area contributed by atoms with Crippen LogP contribution < -0.4 is 10.1 Å². The molecule has 0 unspecified atom stereocenters. The van der Waals surface area contributed by atoms with E-state index in [0.717, 1.165) is 29.5 Å². The monoisotopic (exact) mass is 583 g/mol. The van der Waals surface area contributed by atoms with E-state index in [0.29, 0.717) is 28.7 Å². The van der Waals surface area contributed by atoms with Crippen LogP contribution in [0.3, 0.4) is 0 Å². The zero-order chi connectivity index (χ0) is 26.7. The molecule has 1 N–H and O–H groups in total. The van der Waals surface area contributed by atoms with Crippen LogP contribution in [0.15, 0.2) is 46.2 Å². The predicted molar refractivity (Wildman–Crippen MR) is 142 cm³/mol. The number of hydrogen-bond donors (Lipinski definition) is 1. The molecule has 13 heteroatoms. The van der Waals surface area contributed by atoms with Gasteiger partial charge in [0.05, 0.1) is 12.0 Å². The molecule has 0 radical (unpaired) electrons. The maximum Gasteiger partial charge on any atom is 0.293 e. The zero-order valence-corrected chi connectivity index (χ0v) is 22.8. The van der Waals surface area contributed by atoms with Crippen molar-refractivity contribution in [3.8, 4) is 5.75 Å². The van der Waals surface area contributed by atoms with Crippen molar-refractivity contribution in [2.45, 2.75) is 17.7 Å². The Labute approximate surface area is 228 Å². The van der Waals surface area contributed by atoms with E-state index >= 15 is 0 Å². The first-order valence-corrected chi connectivity index (χ1v) is 14.3. The zero-order valence-electron chi connectivity index (χ0n) is 19.7. The minimum absolute atomic E-state index is 0.0217. The summed E-state index contributed by atoms with van der Waals surface area (Å²) in [5.41, 5.74) is 0.661. The SMILES string of the molecule is COc1ccc(C(=O)NCCN2C(=O)S/C(=C\c3ccc(Cl)cc3Cl)C2=O)cc1S(=O)(=O)N1CCCC1. The predicted octanol–water partition coefficient (Wildman–Crippen LogP) is 4.25. The summed E-state index contributed by atoms with van der Waals surface area (Å²) in [5.74, 6) is -0.900. The van der Waals surface area contributed by atoms with Crippen molar-refractivity contribution < 1.29 is 27.5 Å². The Kier molecular flexibility index (Phi) is 8.49. The molecule has 2 aliphatic rings. The van der Waals surface area contributed by atoms with E-state index in [-0.39, 0.29) is 34.2 Å². The van der Waals surface area contributed by atoms with Crippen LogP contribution in [0.4, 0.5) is 4.79 Å². The molecular formula is C24H23Cl2N3O6S2. The lowest BCUT2D eigenvalue weighted by Crippen LogP contribution is -2.37. The second-order valence-electron chi connectivity index (χ2n) is 8.23. The number of amides is 3. The van der Waals surface area contributed by atoms with Crippen LogP contribution in [0.1, 0.15) is 28.8 Å². The van der Waals surface area contributed by atoms with E-state index in [1.165, 1.54) is 41.8 Å². The van der Waals surface area contributed by atoms with Crippen molar-refractivity contribution in [3.05, 3.63) is 62.5 Å². The number of halogens is 2. The van der Waals surface area contributed by atoms with Gasteiger partial charge in [0.25, 0.3) is 17.1 Å². The largest absolute Gasteiger partial charge is 0.495 e. The van der Waals surface area contributed by atoms with Crippen LogP contribution in [0.25, 0.3) is 6.08 Å². The lowest BCUT2D eigenvalue weighted by Gasteiger charge is -2.18. The number of imide groups is 1. The number of carbonyl (C=O) groups is 3. The lowest BCUT2D eigenvalue weighted by atomic mass is 10.2. The highest BCUT2D eigenvalue weighted by Gasteiger charge is 2.35. The number of nitrogens with zero attached hydrogens (tertiary/aromatic N) is 2. The van der Waals surface area contributed by atoms with Crippen LogP contribution in [-0.2, 0) is 14.8 Å². The van der Waals surface area contributed by atoms with Gasteiger partial charge in [0.2, 0.25) is 10.0 Å². The summed E-state index contributed by atoms with van der Waals surface area (Å²) in [7, 11) is -2.45. The number of sulfonamides is 1. The number of thioether (sulfide) groups is 1. The standard InChI is InChI=1S/C24H23Cl2N3O6S2/c1-35-19-7-5-16(13-21(19)37(33,34)28-9-2-3-10-28)22(30)27-8-11-29-23(31)20(36-24(29)32)12-15-4-6-17(25)14-18(15)26/h4-7,12-14H,2-3,8-11H2,1H3,(H,27,30)/b20-12-. The van der Waals surface area contributed by atoms with E-state index < -0.39 is 27.1 Å². The fraction of sp³-hybridized carbons (Fsp3) is 0.292. The Morgan fingerprint density at radius 2 is 1.86 bits per heavy atom. The van der Waals surface area contributed by atoms with Crippen molar-refractivity contribution >= 4 is 68.1 Å². The third kappa shape index (κ3) is 5.96. The minimum atomic E-state index is -3.82. The highest BCUT2D eigenvalue weighted by atomic mass is 35.5. The van der Waals surface area contributed by atoms with E-state index in [1.54, 1.807) is 12.1 Å². The van der Waals surface area contributed by atoms with Gasteiger partial charge in [-0.05, 0) is 66.6 Å². The van der Waals surface area contributed by atoms with Crippen molar-refractivity contribution in [1.29, 1.82) is 0 Å². The number of hydrogen-bond acceptors (Lipinski definition) is 7. The molecule has 2 aromatic rings. The van der Waals surface area contributed by atoms with Gasteiger partial charge in [0, 0.05) is 41.8 Å². The minimum Gasteiger partial charge on any atom is -0.495 e. The summed E-state index contributed by atoms with van der Waals surface area (Å²) >= 11 is 12.8. The molecule has 2 fully saturated rings. The number of nitrogens with one attached hydrogen (secondary N) is 1. The average molecular weight is 585 g/mol. The molecule has 2 saturated heterocycles. The molecule has 0 aliphatic carbocycles. The Morgan fingerprint density at radius 1 is 1.14 bits per heavy atom. The first-order chi connectivity index (χ1) is 17.6. The molecule has 4 rings (SSSR count). The number of ether oxygens (including phenoxy) is 1. The maximum atomic E-state index is 13.1. The van der Waals surface area contributed by atoms with Crippen molar-refractivity contribution in [2.24, 2.45) is 0 Å². The summed E-state index contributed by atoms with van der Waals surface area (Å²) in [4.78, 5) is 39.0. The third-order valence-electron chi connectivity index (χ3n) is 5.85. The van der Waals surface area contributed by atoms with Gasteiger partial charge in [0.15, 0.2) is 0 Å². The van der Waals surface area contributed by atoms with Gasteiger partial charge in [-0.1, -0.05) is 29.3 Å².